The van der Waals surface area contributed by atoms with Gasteiger partial charge in [-0.25, -0.2) is 4.68 Å². The van der Waals surface area contributed by atoms with Gasteiger partial charge in [0.05, 0.1) is 28.5 Å². The normalized spacial score (nSPS) is 11.0. The van der Waals surface area contributed by atoms with E-state index in [1.54, 1.807) is 18.3 Å². The standard InChI is InChI=1S/C20H16N4O2/c1-13-16-7-3-4-8-17(16)20(26)24(23-13)12-19(25)22-15-10-14-6-2-5-9-18(14)21-11-15/h2-11H,12H2,1H3,(H,22,25). The van der Waals surface area contributed by atoms with Crippen LogP contribution in [0.1, 0.15) is 5.69 Å². The number of anilines is 1. The SMILES string of the molecule is Cc1nn(CC(=O)Nc2cnc3ccccc3c2)c(=O)c2ccccc12. The Morgan fingerprint density at radius 2 is 1.81 bits per heavy atom. The molecule has 0 unspecified atom stereocenters. The van der Waals surface area contributed by atoms with Gasteiger partial charge in [0.25, 0.3) is 5.56 Å². The molecule has 128 valence electrons. The number of aryl methyl sites for hydroxylation is 1. The third kappa shape index (κ3) is 2.93. The van der Waals surface area contributed by atoms with Gasteiger partial charge in [-0.05, 0) is 25.1 Å². The number of amides is 1. The Bertz CT molecular complexity index is 1200. The van der Waals surface area contributed by atoms with Crippen molar-refractivity contribution in [3.05, 3.63) is 76.8 Å². The van der Waals surface area contributed by atoms with Crippen LogP contribution in [0.3, 0.4) is 0 Å². The van der Waals surface area contributed by atoms with E-state index in [1.807, 2.05) is 49.4 Å². The Labute approximate surface area is 149 Å². The highest BCUT2D eigenvalue weighted by molar-refractivity contribution is 5.93. The number of benzene rings is 2. The highest BCUT2D eigenvalue weighted by Gasteiger charge is 2.11. The van der Waals surface area contributed by atoms with Gasteiger partial charge in [-0.3, -0.25) is 14.6 Å². The minimum atomic E-state index is -0.327. The molecule has 0 radical (unpaired) electrons. The first-order chi connectivity index (χ1) is 12.6. The molecule has 0 spiro atoms. The van der Waals surface area contributed by atoms with Crippen LogP contribution in [0.25, 0.3) is 21.7 Å². The summed E-state index contributed by atoms with van der Waals surface area (Å²) in [5, 5.41) is 9.32. The van der Waals surface area contributed by atoms with E-state index < -0.39 is 0 Å². The quantitative estimate of drug-likeness (QED) is 0.620. The molecule has 4 rings (SSSR count). The van der Waals surface area contributed by atoms with Crippen molar-refractivity contribution in [1.82, 2.24) is 14.8 Å². The molecule has 1 amide bonds. The Morgan fingerprint density at radius 3 is 2.65 bits per heavy atom. The van der Waals surface area contributed by atoms with Crippen LogP contribution in [0.4, 0.5) is 5.69 Å². The Kier molecular flexibility index (Phi) is 3.93. The first kappa shape index (κ1) is 16.0. The lowest BCUT2D eigenvalue weighted by Gasteiger charge is -2.09. The summed E-state index contributed by atoms with van der Waals surface area (Å²) in [6, 6.07) is 16.8. The first-order valence-corrected chi connectivity index (χ1v) is 8.23. The minimum Gasteiger partial charge on any atom is -0.323 e. The first-order valence-electron chi connectivity index (χ1n) is 8.23. The molecule has 0 bridgehead atoms. The van der Waals surface area contributed by atoms with Crippen molar-refractivity contribution in [1.29, 1.82) is 0 Å². The van der Waals surface area contributed by atoms with E-state index in [0.29, 0.717) is 16.8 Å². The highest BCUT2D eigenvalue weighted by Crippen LogP contribution is 2.16. The Balaban J connectivity index is 1.60. The van der Waals surface area contributed by atoms with Crippen molar-refractivity contribution in [2.75, 3.05) is 5.32 Å². The fourth-order valence-corrected chi connectivity index (χ4v) is 2.99. The zero-order chi connectivity index (χ0) is 18.1. The third-order valence-electron chi connectivity index (χ3n) is 4.22. The number of para-hydroxylation sites is 1. The summed E-state index contributed by atoms with van der Waals surface area (Å²) in [5.74, 6) is -0.327. The molecule has 0 aliphatic rings. The van der Waals surface area contributed by atoms with Crippen LogP contribution in [0.15, 0.2) is 65.6 Å². The van der Waals surface area contributed by atoms with Crippen LogP contribution in [0, 0.1) is 6.92 Å². The maximum atomic E-state index is 12.6. The predicted molar refractivity (Wildman–Crippen MR) is 101 cm³/mol. The van der Waals surface area contributed by atoms with Gasteiger partial charge in [-0.2, -0.15) is 5.10 Å². The number of hydrogen-bond acceptors (Lipinski definition) is 4. The van der Waals surface area contributed by atoms with Gasteiger partial charge in [-0.1, -0.05) is 36.4 Å². The molecule has 6 heteroatoms. The molecule has 0 aliphatic heterocycles. The molecule has 6 nitrogen and oxygen atoms in total. The second-order valence-corrected chi connectivity index (χ2v) is 6.06. The van der Waals surface area contributed by atoms with E-state index in [1.165, 1.54) is 4.68 Å². The predicted octanol–water partition coefficient (Wildman–Crippen LogP) is 2.89. The summed E-state index contributed by atoms with van der Waals surface area (Å²) in [6.45, 7) is 1.67. The van der Waals surface area contributed by atoms with E-state index in [0.717, 1.165) is 16.3 Å². The molecule has 0 saturated carbocycles. The van der Waals surface area contributed by atoms with Crippen LogP contribution in [0.2, 0.25) is 0 Å². The molecule has 2 heterocycles. The number of pyridine rings is 1. The number of carbonyl (C=O) groups is 1. The molecule has 2 aromatic heterocycles. The van der Waals surface area contributed by atoms with E-state index in [-0.39, 0.29) is 18.0 Å². The number of fused-ring (bicyclic) bond motifs is 2. The zero-order valence-corrected chi connectivity index (χ0v) is 14.1. The minimum absolute atomic E-state index is 0.155. The molecule has 0 saturated heterocycles. The average molecular weight is 344 g/mol. The van der Waals surface area contributed by atoms with Crippen LogP contribution in [0.5, 0.6) is 0 Å². The molecule has 1 N–H and O–H groups in total. The smallest absolute Gasteiger partial charge is 0.275 e. The summed E-state index contributed by atoms with van der Waals surface area (Å²) >= 11 is 0. The number of nitrogens with one attached hydrogen (secondary N) is 1. The van der Waals surface area contributed by atoms with E-state index in [2.05, 4.69) is 15.4 Å². The summed E-state index contributed by atoms with van der Waals surface area (Å²) in [4.78, 5) is 29.2. The van der Waals surface area contributed by atoms with Gasteiger partial charge in [0, 0.05) is 10.8 Å². The van der Waals surface area contributed by atoms with Crippen molar-refractivity contribution in [2.24, 2.45) is 0 Å². The molecule has 0 aliphatic carbocycles. The van der Waals surface area contributed by atoms with Crippen LogP contribution in [-0.4, -0.2) is 20.7 Å². The summed E-state index contributed by atoms with van der Waals surface area (Å²) in [7, 11) is 0. The van der Waals surface area contributed by atoms with Gasteiger partial charge in [0.15, 0.2) is 0 Å². The fourth-order valence-electron chi connectivity index (χ4n) is 2.99. The summed E-state index contributed by atoms with van der Waals surface area (Å²) in [6.07, 6.45) is 1.60. The van der Waals surface area contributed by atoms with E-state index in [4.69, 9.17) is 0 Å². The average Bonchev–Trinajstić information content (AvgIpc) is 2.66. The van der Waals surface area contributed by atoms with E-state index in [9.17, 15) is 9.59 Å². The van der Waals surface area contributed by atoms with Gasteiger partial charge in [-0.15, -0.1) is 0 Å². The monoisotopic (exact) mass is 344 g/mol. The van der Waals surface area contributed by atoms with Gasteiger partial charge in [0.2, 0.25) is 5.91 Å². The summed E-state index contributed by atoms with van der Waals surface area (Å²) < 4.78 is 1.20. The van der Waals surface area contributed by atoms with Gasteiger partial charge >= 0.3 is 0 Å². The van der Waals surface area contributed by atoms with Crippen molar-refractivity contribution in [3.8, 4) is 0 Å². The highest BCUT2D eigenvalue weighted by atomic mass is 16.2. The van der Waals surface area contributed by atoms with Crippen LogP contribution < -0.4 is 10.9 Å². The second kappa shape index (κ2) is 6.40. The van der Waals surface area contributed by atoms with Crippen molar-refractivity contribution in [3.63, 3.8) is 0 Å². The largest absolute Gasteiger partial charge is 0.323 e. The maximum Gasteiger partial charge on any atom is 0.275 e. The van der Waals surface area contributed by atoms with Crippen molar-refractivity contribution in [2.45, 2.75) is 13.5 Å². The molecular weight excluding hydrogens is 328 g/mol. The lowest BCUT2D eigenvalue weighted by Crippen LogP contribution is -2.30. The number of rotatable bonds is 3. The lowest BCUT2D eigenvalue weighted by molar-refractivity contribution is -0.117. The molecule has 0 fully saturated rings. The summed E-state index contributed by atoms with van der Waals surface area (Å²) in [5.41, 5.74) is 1.87. The van der Waals surface area contributed by atoms with Crippen molar-refractivity contribution >= 4 is 33.3 Å². The van der Waals surface area contributed by atoms with E-state index >= 15 is 0 Å². The molecule has 26 heavy (non-hydrogen) atoms. The Morgan fingerprint density at radius 1 is 1.08 bits per heavy atom. The Hall–Kier alpha value is -3.54. The fraction of sp³-hybridized carbons (Fsp3) is 0.100. The van der Waals surface area contributed by atoms with Crippen LogP contribution >= 0.6 is 0 Å². The maximum absolute atomic E-state index is 12.6. The topological polar surface area (TPSA) is 76.9 Å². The molecule has 4 aromatic rings. The number of aromatic nitrogens is 3. The molecule has 0 atom stereocenters. The van der Waals surface area contributed by atoms with Crippen LogP contribution in [-0.2, 0) is 11.3 Å². The molecule has 2 aromatic carbocycles. The second-order valence-electron chi connectivity index (χ2n) is 6.06. The number of nitrogens with zero attached hydrogens (tertiary/aromatic N) is 3. The van der Waals surface area contributed by atoms with Crippen molar-refractivity contribution < 1.29 is 4.79 Å². The molecular formula is C20H16N4O2. The van der Waals surface area contributed by atoms with Gasteiger partial charge < -0.3 is 5.32 Å². The lowest BCUT2D eigenvalue weighted by atomic mass is 10.1. The number of carbonyl (C=O) groups excluding carboxylic acids is 1. The zero-order valence-electron chi connectivity index (χ0n) is 14.1. The van der Waals surface area contributed by atoms with Gasteiger partial charge in [0.1, 0.15) is 6.54 Å². The number of hydrogen-bond donors (Lipinski definition) is 1. The third-order valence-corrected chi connectivity index (χ3v) is 4.22.